The summed E-state index contributed by atoms with van der Waals surface area (Å²) in [6, 6.07) is 0. The van der Waals surface area contributed by atoms with E-state index in [1.165, 1.54) is 0 Å². The van der Waals surface area contributed by atoms with Crippen LogP contribution >= 0.6 is 0 Å². The Hall–Kier alpha value is -1.45. The van der Waals surface area contributed by atoms with Crippen molar-refractivity contribution < 1.29 is 0 Å². The fraction of sp³-hybridized carbons (Fsp3) is 0.500. The number of hydrogen-bond acceptors (Lipinski definition) is 3. The quantitative estimate of drug-likeness (QED) is 0.724. The van der Waals surface area contributed by atoms with E-state index in [1.54, 1.807) is 6.33 Å². The molecule has 0 aliphatic carbocycles. The standard InChI is InChI=1S/C10H14N4/c1-7(2)4-14-6-13-8(3)9-10(14)12-5-11-9/h5-7H,4H2,1-3H3. The number of hydrogen-bond donors (Lipinski definition) is 0. The Labute approximate surface area is 83.4 Å². The first-order chi connectivity index (χ1) is 6.68. The van der Waals surface area contributed by atoms with Gasteiger partial charge < -0.3 is 4.57 Å². The molecule has 0 fully saturated rings. The molecule has 0 unspecified atom stereocenters. The molecule has 0 spiro atoms. The van der Waals surface area contributed by atoms with Gasteiger partial charge in [-0.15, -0.1) is 0 Å². The normalized spacial score (nSPS) is 11.4. The Bertz CT molecular complexity index is 405. The second-order valence-corrected chi connectivity index (χ2v) is 3.92. The van der Waals surface area contributed by atoms with Gasteiger partial charge in [0.25, 0.3) is 0 Å². The molecule has 0 amide bonds. The van der Waals surface area contributed by atoms with Gasteiger partial charge >= 0.3 is 0 Å². The first-order valence-electron chi connectivity index (χ1n) is 4.81. The molecule has 2 aliphatic rings. The maximum absolute atomic E-state index is 4.29. The molecule has 0 saturated heterocycles. The summed E-state index contributed by atoms with van der Waals surface area (Å²) in [6.45, 7) is 7.24. The molecule has 0 atom stereocenters. The van der Waals surface area contributed by atoms with Crippen molar-refractivity contribution in [1.82, 2.24) is 19.5 Å². The minimum Gasteiger partial charge on any atom is -0.315 e. The second kappa shape index (κ2) is 3.36. The fourth-order valence-corrected chi connectivity index (χ4v) is 1.52. The van der Waals surface area contributed by atoms with Crippen LogP contribution in [0.15, 0.2) is 12.7 Å². The highest BCUT2D eigenvalue weighted by Crippen LogP contribution is 2.19. The summed E-state index contributed by atoms with van der Waals surface area (Å²) >= 11 is 0. The van der Waals surface area contributed by atoms with E-state index in [1.807, 2.05) is 13.3 Å². The molecule has 4 nitrogen and oxygen atoms in total. The van der Waals surface area contributed by atoms with Gasteiger partial charge in [-0.05, 0) is 12.8 Å². The largest absolute Gasteiger partial charge is 0.315 e. The van der Waals surface area contributed by atoms with Crippen LogP contribution in [0.5, 0.6) is 0 Å². The summed E-state index contributed by atoms with van der Waals surface area (Å²) < 4.78 is 2.06. The average molecular weight is 190 g/mol. The summed E-state index contributed by atoms with van der Waals surface area (Å²) in [4.78, 5) is 12.7. The molecule has 4 heteroatoms. The predicted octanol–water partition coefficient (Wildman–Crippen LogP) is 1.74. The molecule has 2 aliphatic heterocycles. The number of imidazole rings is 1. The smallest absolute Gasteiger partial charge is 0.163 e. The third-order valence-corrected chi connectivity index (χ3v) is 2.15. The fourth-order valence-electron chi connectivity index (χ4n) is 1.52. The minimum absolute atomic E-state index is 0.587. The van der Waals surface area contributed by atoms with Crippen LogP contribution < -0.4 is 0 Å². The third-order valence-electron chi connectivity index (χ3n) is 2.15. The number of fused-ring (bicyclic) bond motifs is 1. The average Bonchev–Trinajstić information content (AvgIpc) is 2.58. The van der Waals surface area contributed by atoms with Crippen LogP contribution in [0, 0.1) is 12.8 Å². The van der Waals surface area contributed by atoms with Crippen LogP contribution in [0.1, 0.15) is 19.5 Å². The molecule has 0 bridgehead atoms. The van der Waals surface area contributed by atoms with Gasteiger partial charge in [0.2, 0.25) is 0 Å². The zero-order valence-electron chi connectivity index (χ0n) is 8.73. The molecule has 14 heavy (non-hydrogen) atoms. The van der Waals surface area contributed by atoms with Gasteiger partial charge in [-0.2, -0.15) is 0 Å². The van der Waals surface area contributed by atoms with E-state index in [0.29, 0.717) is 5.92 Å². The van der Waals surface area contributed by atoms with Gasteiger partial charge in [-0.25, -0.2) is 15.0 Å². The Morgan fingerprint density at radius 3 is 2.79 bits per heavy atom. The lowest BCUT2D eigenvalue weighted by atomic mass is 10.2. The van der Waals surface area contributed by atoms with Gasteiger partial charge in [-0.3, -0.25) is 0 Å². The van der Waals surface area contributed by atoms with Gasteiger partial charge in [0, 0.05) is 6.54 Å². The van der Waals surface area contributed by atoms with Crippen molar-refractivity contribution in [2.45, 2.75) is 27.3 Å². The van der Waals surface area contributed by atoms with E-state index >= 15 is 0 Å². The minimum atomic E-state index is 0.587. The van der Waals surface area contributed by atoms with Crippen LogP contribution in [-0.2, 0) is 6.54 Å². The second-order valence-electron chi connectivity index (χ2n) is 3.92. The van der Waals surface area contributed by atoms with Crippen LogP contribution in [0.3, 0.4) is 0 Å². The molecule has 2 rings (SSSR count). The molecule has 74 valence electrons. The Morgan fingerprint density at radius 1 is 1.29 bits per heavy atom. The number of aromatic nitrogens is 4. The molecular formula is C10H14N4. The van der Waals surface area contributed by atoms with Crippen molar-refractivity contribution in [3.05, 3.63) is 18.3 Å². The first-order valence-corrected chi connectivity index (χ1v) is 4.81. The zero-order chi connectivity index (χ0) is 10.1. The van der Waals surface area contributed by atoms with Gasteiger partial charge in [0.05, 0.1) is 12.0 Å². The molecule has 0 aromatic rings. The molecule has 0 radical (unpaired) electrons. The topological polar surface area (TPSA) is 43.6 Å². The zero-order valence-corrected chi connectivity index (χ0v) is 8.73. The molecule has 2 heterocycles. The first kappa shape index (κ1) is 9.12. The molecule has 0 N–H and O–H groups in total. The summed E-state index contributed by atoms with van der Waals surface area (Å²) in [5, 5.41) is 0. The third kappa shape index (κ3) is 1.47. The van der Waals surface area contributed by atoms with Crippen molar-refractivity contribution in [2.24, 2.45) is 5.92 Å². The highest BCUT2D eigenvalue weighted by atomic mass is 15.1. The van der Waals surface area contributed by atoms with E-state index in [4.69, 9.17) is 0 Å². The molecule has 0 aromatic carbocycles. The number of aryl methyl sites for hydroxylation is 1. The van der Waals surface area contributed by atoms with E-state index in [-0.39, 0.29) is 0 Å². The number of rotatable bonds is 2. The summed E-state index contributed by atoms with van der Waals surface area (Å²) in [5.41, 5.74) is 1.85. The van der Waals surface area contributed by atoms with Crippen molar-refractivity contribution in [1.29, 1.82) is 0 Å². The van der Waals surface area contributed by atoms with Crippen molar-refractivity contribution in [2.75, 3.05) is 0 Å². The molecular weight excluding hydrogens is 176 g/mol. The van der Waals surface area contributed by atoms with Crippen LogP contribution in [-0.4, -0.2) is 19.5 Å². The highest BCUT2D eigenvalue weighted by Gasteiger charge is 2.13. The maximum atomic E-state index is 4.29. The van der Waals surface area contributed by atoms with Crippen LogP contribution in [0.4, 0.5) is 0 Å². The van der Waals surface area contributed by atoms with E-state index in [9.17, 15) is 0 Å². The monoisotopic (exact) mass is 190 g/mol. The maximum Gasteiger partial charge on any atom is 0.163 e. The summed E-state index contributed by atoms with van der Waals surface area (Å²) in [5.74, 6) is 1.52. The lowest BCUT2D eigenvalue weighted by Crippen LogP contribution is -2.10. The van der Waals surface area contributed by atoms with Gasteiger partial charge in [0.1, 0.15) is 12.0 Å². The van der Waals surface area contributed by atoms with Gasteiger partial charge in [-0.1, -0.05) is 13.8 Å². The Kier molecular flexibility index (Phi) is 2.19. The van der Waals surface area contributed by atoms with Crippen molar-refractivity contribution in [3.63, 3.8) is 0 Å². The lowest BCUT2D eigenvalue weighted by molar-refractivity contribution is 0.515. The Morgan fingerprint density at radius 2 is 2.07 bits per heavy atom. The Balaban J connectivity index is 2.47. The van der Waals surface area contributed by atoms with Crippen LogP contribution in [0.25, 0.3) is 11.5 Å². The van der Waals surface area contributed by atoms with E-state index in [2.05, 4.69) is 33.4 Å². The SMILES string of the molecule is Cc1ncn(CC(C)C)c2ncnc1-2. The lowest BCUT2D eigenvalue weighted by Gasteiger charge is -2.13. The molecule has 0 saturated carbocycles. The van der Waals surface area contributed by atoms with Crippen molar-refractivity contribution >= 4 is 0 Å². The molecule has 0 aromatic heterocycles. The summed E-state index contributed by atoms with van der Waals surface area (Å²) in [7, 11) is 0. The van der Waals surface area contributed by atoms with E-state index < -0.39 is 0 Å². The van der Waals surface area contributed by atoms with Gasteiger partial charge in [0.15, 0.2) is 5.82 Å². The predicted molar refractivity (Wildman–Crippen MR) is 54.0 cm³/mol. The van der Waals surface area contributed by atoms with Crippen LogP contribution in [0.2, 0.25) is 0 Å². The summed E-state index contributed by atoms with van der Waals surface area (Å²) in [6.07, 6.45) is 3.43. The number of nitrogens with zero attached hydrogens (tertiary/aromatic N) is 4. The highest BCUT2D eigenvalue weighted by molar-refractivity contribution is 5.53. The van der Waals surface area contributed by atoms with Crippen molar-refractivity contribution in [3.8, 4) is 11.5 Å². The van der Waals surface area contributed by atoms with E-state index in [0.717, 1.165) is 23.8 Å².